The highest BCUT2D eigenvalue weighted by Crippen LogP contribution is 2.58. The second-order valence-electron chi connectivity index (χ2n) is 6.14. The molecule has 1 aromatic carbocycles. The highest BCUT2D eigenvalue weighted by Gasteiger charge is 2.55. The number of benzene rings is 1. The van der Waals surface area contributed by atoms with Gasteiger partial charge < -0.3 is 0 Å². The summed E-state index contributed by atoms with van der Waals surface area (Å²) in [7, 11) is 0. The molecule has 2 saturated carbocycles. The molecule has 0 saturated heterocycles. The fourth-order valence-electron chi connectivity index (χ4n) is 4.14. The van der Waals surface area contributed by atoms with Gasteiger partial charge in [-0.15, -0.1) is 0 Å². The van der Waals surface area contributed by atoms with E-state index in [1.165, 1.54) is 6.07 Å². The molecule has 1 aromatic rings. The lowest BCUT2D eigenvalue weighted by Gasteiger charge is -2.22. The van der Waals surface area contributed by atoms with Gasteiger partial charge >= 0.3 is 0 Å². The zero-order valence-corrected chi connectivity index (χ0v) is 11.3. The van der Waals surface area contributed by atoms with Crippen LogP contribution in [0.2, 0.25) is 0 Å². The first-order chi connectivity index (χ1) is 8.92. The van der Waals surface area contributed by atoms with Crippen LogP contribution in [-0.2, 0) is 0 Å². The molecule has 3 atom stereocenters. The van der Waals surface area contributed by atoms with E-state index in [2.05, 4.69) is 0 Å². The van der Waals surface area contributed by atoms with E-state index in [1.54, 1.807) is 13.0 Å². The molecule has 0 heterocycles. The minimum atomic E-state index is -2.48. The third-order valence-corrected chi connectivity index (χ3v) is 5.34. The van der Waals surface area contributed by atoms with Crippen LogP contribution in [0.1, 0.15) is 48.3 Å². The summed E-state index contributed by atoms with van der Waals surface area (Å²) in [4.78, 5) is 0. The van der Waals surface area contributed by atoms with Gasteiger partial charge in [-0.1, -0.05) is 6.07 Å². The molecule has 3 heteroatoms. The summed E-state index contributed by atoms with van der Waals surface area (Å²) in [6, 6.07) is 3.29. The molecular weight excluding hydrogens is 249 g/mol. The largest absolute Gasteiger partial charge is 0.251 e. The quantitative estimate of drug-likeness (QED) is 0.673. The van der Waals surface area contributed by atoms with Gasteiger partial charge in [-0.05, 0) is 67.7 Å². The van der Waals surface area contributed by atoms with E-state index in [4.69, 9.17) is 0 Å². The Labute approximate surface area is 112 Å². The Bertz CT molecular complexity index is 507. The molecule has 0 nitrogen and oxygen atoms in total. The lowest BCUT2D eigenvalue weighted by molar-refractivity contribution is -0.0409. The first-order valence-electron chi connectivity index (χ1n) is 7.05. The molecular formula is C16H19F3. The highest BCUT2D eigenvalue weighted by atomic mass is 19.3. The molecule has 0 amide bonds. The van der Waals surface area contributed by atoms with Crippen molar-refractivity contribution in [2.45, 2.75) is 51.4 Å². The van der Waals surface area contributed by atoms with Crippen molar-refractivity contribution in [3.05, 3.63) is 34.6 Å². The van der Waals surface area contributed by atoms with E-state index in [1.807, 2.05) is 6.92 Å². The van der Waals surface area contributed by atoms with Gasteiger partial charge in [-0.2, -0.15) is 0 Å². The van der Waals surface area contributed by atoms with E-state index >= 15 is 0 Å². The van der Waals surface area contributed by atoms with Crippen LogP contribution in [0.4, 0.5) is 13.2 Å². The zero-order chi connectivity index (χ0) is 13.8. The van der Waals surface area contributed by atoms with Crippen LogP contribution >= 0.6 is 0 Å². The molecule has 1 unspecified atom stereocenters. The molecule has 0 spiro atoms. The highest BCUT2D eigenvalue weighted by molar-refractivity contribution is 5.38. The standard InChI is InChI=1S/C16H19F3/c1-9-10(2)15(17)6-4-11(9)12-3-5-14-13(12)7-8-16(14,18)19/h4,6,12-14H,3,5,7-8H2,1-2H3/t12?,13-,14+/m1/s1. The molecule has 2 fully saturated rings. The second kappa shape index (κ2) is 4.26. The Kier molecular flexibility index (Phi) is 2.91. The van der Waals surface area contributed by atoms with Gasteiger partial charge in [0.1, 0.15) is 5.82 Å². The fraction of sp³-hybridized carbons (Fsp3) is 0.625. The zero-order valence-electron chi connectivity index (χ0n) is 11.3. The van der Waals surface area contributed by atoms with Crippen molar-refractivity contribution < 1.29 is 13.2 Å². The van der Waals surface area contributed by atoms with Crippen LogP contribution in [0.15, 0.2) is 12.1 Å². The number of hydrogen-bond donors (Lipinski definition) is 0. The van der Waals surface area contributed by atoms with E-state index in [0.29, 0.717) is 18.4 Å². The van der Waals surface area contributed by atoms with Gasteiger partial charge in [0.05, 0.1) is 0 Å². The summed E-state index contributed by atoms with van der Waals surface area (Å²) in [5.74, 6) is -2.87. The summed E-state index contributed by atoms with van der Waals surface area (Å²) in [6.45, 7) is 3.68. The molecule has 2 aliphatic carbocycles. The number of fused-ring (bicyclic) bond motifs is 1. The molecule has 2 aliphatic rings. The maximum absolute atomic E-state index is 13.8. The number of alkyl halides is 2. The van der Waals surface area contributed by atoms with Crippen molar-refractivity contribution in [3.63, 3.8) is 0 Å². The van der Waals surface area contributed by atoms with Crippen LogP contribution in [0, 0.1) is 31.5 Å². The Morgan fingerprint density at radius 3 is 2.53 bits per heavy atom. The van der Waals surface area contributed by atoms with E-state index in [-0.39, 0.29) is 24.1 Å². The van der Waals surface area contributed by atoms with E-state index in [9.17, 15) is 13.2 Å². The monoisotopic (exact) mass is 268 g/mol. The van der Waals surface area contributed by atoms with Gasteiger partial charge in [0, 0.05) is 12.3 Å². The van der Waals surface area contributed by atoms with Gasteiger partial charge in [-0.3, -0.25) is 0 Å². The smallest absolute Gasteiger partial charge is 0.207 e. The van der Waals surface area contributed by atoms with Crippen molar-refractivity contribution >= 4 is 0 Å². The minimum absolute atomic E-state index is 0.0259. The SMILES string of the molecule is Cc1c(F)ccc(C2CC[C@H]3[C@@H]2CCC3(F)F)c1C. The summed E-state index contributed by atoms with van der Waals surface area (Å²) in [5.41, 5.74) is 2.69. The second-order valence-corrected chi connectivity index (χ2v) is 6.14. The molecule has 19 heavy (non-hydrogen) atoms. The lowest BCUT2D eigenvalue weighted by Crippen LogP contribution is -2.23. The topological polar surface area (TPSA) is 0 Å². The number of rotatable bonds is 1. The molecule has 3 rings (SSSR count). The molecule has 0 radical (unpaired) electrons. The van der Waals surface area contributed by atoms with Crippen molar-refractivity contribution in [1.82, 2.24) is 0 Å². The van der Waals surface area contributed by atoms with Crippen molar-refractivity contribution in [3.8, 4) is 0 Å². The Morgan fingerprint density at radius 2 is 1.79 bits per heavy atom. The molecule has 104 valence electrons. The van der Waals surface area contributed by atoms with Crippen molar-refractivity contribution in [2.75, 3.05) is 0 Å². The van der Waals surface area contributed by atoms with Gasteiger partial charge in [0.25, 0.3) is 5.92 Å². The van der Waals surface area contributed by atoms with Gasteiger partial charge in [0.15, 0.2) is 0 Å². The van der Waals surface area contributed by atoms with Gasteiger partial charge in [-0.25, -0.2) is 13.2 Å². The molecule has 0 bridgehead atoms. The molecule has 0 aliphatic heterocycles. The van der Waals surface area contributed by atoms with E-state index in [0.717, 1.165) is 17.5 Å². The van der Waals surface area contributed by atoms with Crippen LogP contribution < -0.4 is 0 Å². The Balaban J connectivity index is 1.95. The average Bonchev–Trinajstić information content (AvgIpc) is 2.89. The van der Waals surface area contributed by atoms with Crippen molar-refractivity contribution in [1.29, 1.82) is 0 Å². The van der Waals surface area contributed by atoms with Crippen LogP contribution in [0.25, 0.3) is 0 Å². The van der Waals surface area contributed by atoms with Crippen molar-refractivity contribution in [2.24, 2.45) is 11.8 Å². The molecule has 0 aromatic heterocycles. The average molecular weight is 268 g/mol. The minimum Gasteiger partial charge on any atom is -0.207 e. The Morgan fingerprint density at radius 1 is 1.05 bits per heavy atom. The summed E-state index contributed by atoms with van der Waals surface area (Å²) in [5, 5.41) is 0. The van der Waals surface area contributed by atoms with E-state index < -0.39 is 11.8 Å². The van der Waals surface area contributed by atoms with Crippen LogP contribution in [-0.4, -0.2) is 5.92 Å². The molecule has 0 N–H and O–H groups in total. The predicted molar refractivity (Wildman–Crippen MR) is 69.0 cm³/mol. The fourth-order valence-corrected chi connectivity index (χ4v) is 4.14. The first-order valence-corrected chi connectivity index (χ1v) is 7.05. The van der Waals surface area contributed by atoms with Gasteiger partial charge in [0.2, 0.25) is 0 Å². The maximum Gasteiger partial charge on any atom is 0.251 e. The summed E-state index contributed by atoms with van der Waals surface area (Å²) < 4.78 is 41.1. The maximum atomic E-state index is 13.8. The summed E-state index contributed by atoms with van der Waals surface area (Å²) >= 11 is 0. The summed E-state index contributed by atoms with van der Waals surface area (Å²) in [6.07, 6.45) is 2.06. The third-order valence-electron chi connectivity index (χ3n) is 5.34. The predicted octanol–water partition coefficient (Wildman–Crippen LogP) is 4.98. The van der Waals surface area contributed by atoms with Crippen LogP contribution in [0.5, 0.6) is 0 Å². The first kappa shape index (κ1) is 13.0. The number of hydrogen-bond acceptors (Lipinski definition) is 0. The lowest BCUT2D eigenvalue weighted by atomic mass is 9.83. The third kappa shape index (κ3) is 1.89. The normalized spacial score (nSPS) is 32.6. The number of halogens is 3. The van der Waals surface area contributed by atoms with Crippen LogP contribution in [0.3, 0.4) is 0 Å². The Hall–Kier alpha value is -0.990.